The minimum atomic E-state index is -0.381. The number of benzene rings is 2. The van der Waals surface area contributed by atoms with Gasteiger partial charge in [-0.1, -0.05) is 17.7 Å². The Morgan fingerprint density at radius 2 is 1.68 bits per heavy atom. The van der Waals surface area contributed by atoms with Crippen LogP contribution in [0.25, 0.3) is 0 Å². The summed E-state index contributed by atoms with van der Waals surface area (Å²) in [6.45, 7) is 2.43. The lowest BCUT2D eigenvalue weighted by atomic mass is 10.2. The molecule has 6 heteroatoms. The predicted molar refractivity (Wildman–Crippen MR) is 88.5 cm³/mol. The van der Waals surface area contributed by atoms with Crippen molar-refractivity contribution < 1.29 is 9.59 Å². The molecule has 0 aromatic heterocycles. The van der Waals surface area contributed by atoms with Gasteiger partial charge in [-0.2, -0.15) is 0 Å². The molecule has 0 radical (unpaired) electrons. The van der Waals surface area contributed by atoms with Crippen LogP contribution in [0.4, 0.5) is 16.2 Å². The fourth-order valence-corrected chi connectivity index (χ4v) is 2.02. The highest BCUT2D eigenvalue weighted by Gasteiger charge is 2.06. The van der Waals surface area contributed by atoms with Crippen LogP contribution in [0.15, 0.2) is 48.5 Å². The first-order valence-electron chi connectivity index (χ1n) is 6.80. The Hall–Kier alpha value is -2.53. The number of anilines is 2. The van der Waals surface area contributed by atoms with Crippen molar-refractivity contribution in [3.05, 3.63) is 59.1 Å². The van der Waals surface area contributed by atoms with Crippen molar-refractivity contribution >= 4 is 34.9 Å². The average Bonchev–Trinajstić information content (AvgIpc) is 2.48. The Morgan fingerprint density at radius 1 is 1.00 bits per heavy atom. The van der Waals surface area contributed by atoms with Crippen LogP contribution in [0.3, 0.4) is 0 Å². The first-order chi connectivity index (χ1) is 10.6. The smallest absolute Gasteiger partial charge is 0.323 e. The number of carbonyl (C=O) groups is 2. The minimum absolute atomic E-state index is 0.141. The Balaban J connectivity index is 1.95. The zero-order chi connectivity index (χ0) is 15.9. The quantitative estimate of drug-likeness (QED) is 0.804. The zero-order valence-corrected chi connectivity index (χ0v) is 12.8. The molecule has 0 aliphatic rings. The molecule has 0 atom stereocenters. The summed E-state index contributed by atoms with van der Waals surface area (Å²) in [7, 11) is 0. The molecule has 0 saturated carbocycles. The zero-order valence-electron chi connectivity index (χ0n) is 12.0. The van der Waals surface area contributed by atoms with Gasteiger partial charge >= 0.3 is 6.03 Å². The summed E-state index contributed by atoms with van der Waals surface area (Å²) in [4.78, 5) is 23.5. The maximum atomic E-state index is 11.9. The minimum Gasteiger partial charge on any atom is -0.352 e. The Labute approximate surface area is 133 Å². The number of amides is 3. The number of halogens is 1. The maximum absolute atomic E-state index is 11.9. The fourth-order valence-electron chi connectivity index (χ4n) is 1.83. The highest BCUT2D eigenvalue weighted by Crippen LogP contribution is 2.15. The third-order valence-electron chi connectivity index (χ3n) is 2.82. The van der Waals surface area contributed by atoms with Crippen molar-refractivity contribution in [2.24, 2.45) is 0 Å². The van der Waals surface area contributed by atoms with E-state index >= 15 is 0 Å². The molecule has 0 spiro atoms. The Bertz CT molecular complexity index is 671. The average molecular weight is 318 g/mol. The molecule has 0 aliphatic carbocycles. The van der Waals surface area contributed by atoms with Crippen LogP contribution in [-0.4, -0.2) is 18.5 Å². The monoisotopic (exact) mass is 317 g/mol. The van der Waals surface area contributed by atoms with E-state index in [1.165, 1.54) is 0 Å². The van der Waals surface area contributed by atoms with E-state index in [1.54, 1.807) is 48.5 Å². The van der Waals surface area contributed by atoms with E-state index in [0.717, 1.165) is 0 Å². The topological polar surface area (TPSA) is 70.2 Å². The van der Waals surface area contributed by atoms with Crippen molar-refractivity contribution in [1.82, 2.24) is 5.32 Å². The van der Waals surface area contributed by atoms with Gasteiger partial charge in [0, 0.05) is 28.5 Å². The molecule has 2 rings (SSSR count). The molecule has 0 bridgehead atoms. The van der Waals surface area contributed by atoms with Gasteiger partial charge in [-0.25, -0.2) is 4.79 Å². The number of urea groups is 1. The third kappa shape index (κ3) is 4.49. The van der Waals surface area contributed by atoms with Gasteiger partial charge in [0.05, 0.1) is 0 Å². The second-order valence-corrected chi connectivity index (χ2v) is 4.96. The second kappa shape index (κ2) is 7.47. The predicted octanol–water partition coefficient (Wildman–Crippen LogP) is 3.73. The second-order valence-electron chi connectivity index (χ2n) is 4.53. The lowest BCUT2D eigenvalue weighted by Gasteiger charge is -2.08. The summed E-state index contributed by atoms with van der Waals surface area (Å²) in [5, 5.41) is 8.61. The molecule has 2 aromatic carbocycles. The van der Waals surface area contributed by atoms with Gasteiger partial charge in [0.25, 0.3) is 5.91 Å². The van der Waals surface area contributed by atoms with Crippen LogP contribution in [0, 0.1) is 0 Å². The standard InChI is InChI=1S/C16H16ClN3O2/c1-2-18-15(21)11-6-8-13(9-7-11)19-16(22)20-14-5-3-4-12(17)10-14/h3-10H,2H2,1H3,(H,18,21)(H2,19,20,22). The van der Waals surface area contributed by atoms with E-state index < -0.39 is 0 Å². The van der Waals surface area contributed by atoms with Crippen LogP contribution in [-0.2, 0) is 0 Å². The van der Waals surface area contributed by atoms with E-state index in [4.69, 9.17) is 11.6 Å². The molecule has 114 valence electrons. The normalized spacial score (nSPS) is 9.91. The molecule has 5 nitrogen and oxygen atoms in total. The molecule has 22 heavy (non-hydrogen) atoms. The number of carbonyl (C=O) groups excluding carboxylic acids is 2. The van der Waals surface area contributed by atoms with Crippen molar-refractivity contribution in [3.8, 4) is 0 Å². The summed E-state index contributed by atoms with van der Waals surface area (Å²) in [5.74, 6) is -0.141. The van der Waals surface area contributed by atoms with Crippen LogP contribution >= 0.6 is 11.6 Å². The van der Waals surface area contributed by atoms with Gasteiger partial charge in [-0.3, -0.25) is 4.79 Å². The molecular formula is C16H16ClN3O2. The maximum Gasteiger partial charge on any atom is 0.323 e. The van der Waals surface area contributed by atoms with Crippen LogP contribution in [0.1, 0.15) is 17.3 Å². The molecule has 2 aromatic rings. The van der Waals surface area contributed by atoms with Gasteiger partial charge < -0.3 is 16.0 Å². The van der Waals surface area contributed by atoms with Gasteiger partial charge in [0.15, 0.2) is 0 Å². The first-order valence-corrected chi connectivity index (χ1v) is 7.18. The number of nitrogens with one attached hydrogen (secondary N) is 3. The molecule has 0 saturated heterocycles. The van der Waals surface area contributed by atoms with Crippen molar-refractivity contribution in [2.75, 3.05) is 17.2 Å². The molecule has 3 amide bonds. The van der Waals surface area contributed by atoms with Crippen molar-refractivity contribution in [3.63, 3.8) is 0 Å². The van der Waals surface area contributed by atoms with E-state index in [-0.39, 0.29) is 11.9 Å². The van der Waals surface area contributed by atoms with Crippen LogP contribution in [0.2, 0.25) is 5.02 Å². The van der Waals surface area contributed by atoms with Gasteiger partial charge in [0.1, 0.15) is 0 Å². The lowest BCUT2D eigenvalue weighted by molar-refractivity contribution is 0.0956. The van der Waals surface area contributed by atoms with E-state index in [9.17, 15) is 9.59 Å². The Kier molecular flexibility index (Phi) is 5.38. The third-order valence-corrected chi connectivity index (χ3v) is 3.06. The van der Waals surface area contributed by atoms with E-state index in [2.05, 4.69) is 16.0 Å². The SMILES string of the molecule is CCNC(=O)c1ccc(NC(=O)Nc2cccc(Cl)c2)cc1. The molecule has 3 N–H and O–H groups in total. The largest absolute Gasteiger partial charge is 0.352 e. The van der Waals surface area contributed by atoms with Crippen LogP contribution < -0.4 is 16.0 Å². The van der Waals surface area contributed by atoms with Crippen LogP contribution in [0.5, 0.6) is 0 Å². The highest BCUT2D eigenvalue weighted by molar-refractivity contribution is 6.30. The molecule has 0 unspecified atom stereocenters. The summed E-state index contributed by atoms with van der Waals surface area (Å²) in [6.07, 6.45) is 0. The van der Waals surface area contributed by atoms with Crippen molar-refractivity contribution in [2.45, 2.75) is 6.92 Å². The molecular weight excluding hydrogens is 302 g/mol. The Morgan fingerprint density at radius 3 is 2.32 bits per heavy atom. The summed E-state index contributed by atoms with van der Waals surface area (Å²) < 4.78 is 0. The van der Waals surface area contributed by atoms with E-state index in [1.807, 2.05) is 6.92 Å². The molecule has 0 heterocycles. The number of hydrogen-bond acceptors (Lipinski definition) is 2. The number of rotatable bonds is 4. The first kappa shape index (κ1) is 15.9. The summed E-state index contributed by atoms with van der Waals surface area (Å²) >= 11 is 5.85. The molecule has 0 aliphatic heterocycles. The highest BCUT2D eigenvalue weighted by atomic mass is 35.5. The molecule has 0 fully saturated rings. The number of hydrogen-bond donors (Lipinski definition) is 3. The van der Waals surface area contributed by atoms with Gasteiger partial charge in [0.2, 0.25) is 0 Å². The lowest BCUT2D eigenvalue weighted by Crippen LogP contribution is -2.22. The van der Waals surface area contributed by atoms with Gasteiger partial charge in [-0.15, -0.1) is 0 Å². The fraction of sp³-hybridized carbons (Fsp3) is 0.125. The van der Waals surface area contributed by atoms with E-state index in [0.29, 0.717) is 28.5 Å². The van der Waals surface area contributed by atoms with Crippen molar-refractivity contribution in [1.29, 1.82) is 0 Å². The van der Waals surface area contributed by atoms with Gasteiger partial charge in [-0.05, 0) is 49.4 Å². The summed E-state index contributed by atoms with van der Waals surface area (Å²) in [5.41, 5.74) is 1.74. The summed E-state index contributed by atoms with van der Waals surface area (Å²) in [6, 6.07) is 13.1.